The zero-order valence-corrected chi connectivity index (χ0v) is 13.2. The van der Waals surface area contributed by atoms with Gasteiger partial charge in [0.1, 0.15) is 6.10 Å². The summed E-state index contributed by atoms with van der Waals surface area (Å²) < 4.78 is 9.64. The van der Waals surface area contributed by atoms with Crippen molar-refractivity contribution in [2.45, 2.75) is 25.0 Å². The first kappa shape index (κ1) is 15.8. The maximum Gasteiger partial charge on any atom is 0.508 e. The second kappa shape index (κ2) is 7.02. The number of fused-ring (bicyclic) bond motifs is 1. The van der Waals surface area contributed by atoms with Gasteiger partial charge in [0.15, 0.2) is 0 Å². The molecule has 0 unspecified atom stereocenters. The zero-order chi connectivity index (χ0) is 16.2. The molecule has 0 radical (unpaired) electrons. The highest BCUT2D eigenvalue weighted by Crippen LogP contribution is 2.20. The molecule has 1 aromatic heterocycles. The minimum atomic E-state index is -0.743. The number of hydrogen-bond acceptors (Lipinski definition) is 5. The number of benzene rings is 1. The van der Waals surface area contributed by atoms with E-state index in [1.165, 1.54) is 18.1 Å². The number of carbonyl (C=O) groups excluding carboxylic acids is 1. The quantitative estimate of drug-likeness (QED) is 0.843. The van der Waals surface area contributed by atoms with E-state index in [-0.39, 0.29) is 0 Å². The van der Waals surface area contributed by atoms with Crippen LogP contribution in [0.4, 0.5) is 4.79 Å². The molecule has 0 spiro atoms. The molecule has 2 N–H and O–H groups in total. The Labute approximate surface area is 135 Å². The molecule has 1 aromatic carbocycles. The molecule has 0 bridgehead atoms. The molecule has 2 aromatic rings. The summed E-state index contributed by atoms with van der Waals surface area (Å²) in [6.07, 6.45) is 1.65. The van der Waals surface area contributed by atoms with E-state index in [1.807, 2.05) is 18.3 Å². The third-order valence-corrected chi connectivity index (χ3v) is 4.39. The van der Waals surface area contributed by atoms with Crippen LogP contribution in [0.2, 0.25) is 0 Å². The molecule has 3 rings (SSSR count). The number of ether oxygens (including phenoxy) is 2. The minimum absolute atomic E-state index is 0.526. The van der Waals surface area contributed by atoms with E-state index in [1.54, 1.807) is 0 Å². The first-order valence-corrected chi connectivity index (χ1v) is 7.87. The van der Waals surface area contributed by atoms with Crippen LogP contribution in [0, 0.1) is 0 Å². The fourth-order valence-electron chi connectivity index (χ4n) is 3.08. The average molecular weight is 318 g/mol. The molecule has 1 fully saturated rings. The van der Waals surface area contributed by atoms with Crippen molar-refractivity contribution in [1.82, 2.24) is 9.88 Å². The van der Waals surface area contributed by atoms with Crippen molar-refractivity contribution >= 4 is 17.1 Å². The highest BCUT2D eigenvalue weighted by atomic mass is 16.7. The van der Waals surface area contributed by atoms with E-state index in [0.29, 0.717) is 13.0 Å². The maximum absolute atomic E-state index is 11.2. The highest BCUT2D eigenvalue weighted by molar-refractivity contribution is 5.83. The predicted molar refractivity (Wildman–Crippen MR) is 86.3 cm³/mol. The van der Waals surface area contributed by atoms with Crippen LogP contribution in [0.3, 0.4) is 0 Å². The molecule has 124 valence electrons. The maximum atomic E-state index is 11.2. The second-order valence-corrected chi connectivity index (χ2v) is 5.88. The number of aromatic amines is 1. The average Bonchev–Trinajstić information content (AvgIpc) is 2.98. The lowest BCUT2D eigenvalue weighted by atomic mass is 10.0. The molecule has 0 saturated carbocycles. The first-order chi connectivity index (χ1) is 11.2. The lowest BCUT2D eigenvalue weighted by molar-refractivity contribution is -0.0639. The molecule has 6 nitrogen and oxygen atoms in total. The van der Waals surface area contributed by atoms with E-state index in [4.69, 9.17) is 4.74 Å². The number of aromatic nitrogens is 1. The van der Waals surface area contributed by atoms with Crippen molar-refractivity contribution in [3.05, 3.63) is 36.0 Å². The van der Waals surface area contributed by atoms with E-state index in [2.05, 4.69) is 26.8 Å². The number of H-pyrrole nitrogens is 1. The third kappa shape index (κ3) is 3.65. The van der Waals surface area contributed by atoms with Gasteiger partial charge in [0.2, 0.25) is 0 Å². The van der Waals surface area contributed by atoms with Crippen molar-refractivity contribution in [3.63, 3.8) is 0 Å². The van der Waals surface area contributed by atoms with Crippen molar-refractivity contribution < 1.29 is 19.4 Å². The summed E-state index contributed by atoms with van der Waals surface area (Å²) >= 11 is 0. The lowest BCUT2D eigenvalue weighted by Crippen LogP contribution is -2.49. The molecular weight excluding hydrogens is 296 g/mol. The smallest absolute Gasteiger partial charge is 0.438 e. The third-order valence-electron chi connectivity index (χ3n) is 4.39. The monoisotopic (exact) mass is 318 g/mol. The Kier molecular flexibility index (Phi) is 4.83. The molecule has 23 heavy (non-hydrogen) atoms. The number of hydrogen-bond donors (Lipinski definition) is 2. The van der Waals surface area contributed by atoms with Gasteiger partial charge in [0.25, 0.3) is 0 Å². The number of nitrogens with zero attached hydrogens (tertiary/aromatic N) is 1. The number of methoxy groups -OCH3 is 1. The molecular formula is C17H22N2O4. The van der Waals surface area contributed by atoms with Gasteiger partial charge in [0.05, 0.1) is 13.2 Å². The molecule has 0 amide bonds. The van der Waals surface area contributed by atoms with Gasteiger partial charge in [-0.3, -0.25) is 4.90 Å². The molecule has 2 heterocycles. The van der Waals surface area contributed by atoms with Crippen LogP contribution >= 0.6 is 0 Å². The fraction of sp³-hybridized carbons (Fsp3) is 0.471. The Balaban J connectivity index is 1.58. The molecule has 0 aliphatic carbocycles. The van der Waals surface area contributed by atoms with Crippen molar-refractivity contribution in [2.24, 2.45) is 0 Å². The number of para-hydroxylation sites is 1. The Morgan fingerprint density at radius 1 is 1.43 bits per heavy atom. The summed E-state index contributed by atoms with van der Waals surface area (Å²) in [5, 5.41) is 11.2. The van der Waals surface area contributed by atoms with Gasteiger partial charge in [-0.25, -0.2) is 4.79 Å². The summed E-state index contributed by atoms with van der Waals surface area (Å²) in [5.41, 5.74) is 2.42. The largest absolute Gasteiger partial charge is 0.508 e. The Morgan fingerprint density at radius 2 is 2.26 bits per heavy atom. The summed E-state index contributed by atoms with van der Waals surface area (Å²) in [6, 6.07) is 8.24. The summed E-state index contributed by atoms with van der Waals surface area (Å²) in [4.78, 5) is 16.7. The first-order valence-electron chi connectivity index (χ1n) is 7.87. The summed E-state index contributed by atoms with van der Waals surface area (Å²) in [7, 11) is 1.27. The van der Waals surface area contributed by atoms with E-state index in [9.17, 15) is 9.90 Å². The Bertz CT molecular complexity index is 669. The van der Waals surface area contributed by atoms with Gasteiger partial charge >= 0.3 is 6.16 Å². The minimum Gasteiger partial charge on any atom is -0.438 e. The zero-order valence-electron chi connectivity index (χ0n) is 13.2. The molecule has 1 aliphatic heterocycles. The number of aliphatic hydroxyl groups is 1. The van der Waals surface area contributed by atoms with Crippen LogP contribution in [0.1, 0.15) is 12.0 Å². The van der Waals surface area contributed by atoms with Crippen molar-refractivity contribution in [2.75, 3.05) is 26.7 Å². The second-order valence-electron chi connectivity index (χ2n) is 5.88. The number of carbonyl (C=O) groups is 1. The van der Waals surface area contributed by atoms with Crippen LogP contribution < -0.4 is 0 Å². The number of piperidine rings is 1. The SMILES string of the molecule is COC(=O)O[C@H]1CN(CCc2c[nH]c3ccccc23)CC[C@@H]1O. The molecule has 2 atom stereocenters. The number of likely N-dealkylation sites (tertiary alicyclic amines) is 1. The molecule has 1 aliphatic rings. The van der Waals surface area contributed by atoms with Gasteiger partial charge in [-0.15, -0.1) is 0 Å². The number of aliphatic hydroxyl groups excluding tert-OH is 1. The normalized spacial score (nSPS) is 22.2. The standard InChI is InChI=1S/C17H22N2O4/c1-22-17(21)23-16-11-19(9-7-15(16)20)8-6-12-10-18-14-5-3-2-4-13(12)14/h2-5,10,15-16,18,20H,6-9,11H2,1H3/t15-,16-/m0/s1. The van der Waals surface area contributed by atoms with E-state index in [0.717, 1.165) is 25.0 Å². The van der Waals surface area contributed by atoms with Gasteiger partial charge in [0, 0.05) is 36.7 Å². The molecule has 1 saturated heterocycles. The summed E-state index contributed by atoms with van der Waals surface area (Å²) in [5.74, 6) is 0. The highest BCUT2D eigenvalue weighted by Gasteiger charge is 2.30. The van der Waals surface area contributed by atoms with Gasteiger partial charge < -0.3 is 19.6 Å². The van der Waals surface area contributed by atoms with Gasteiger partial charge in [-0.1, -0.05) is 18.2 Å². The van der Waals surface area contributed by atoms with Crippen molar-refractivity contribution in [3.8, 4) is 0 Å². The summed E-state index contributed by atoms with van der Waals surface area (Å²) in [6.45, 7) is 2.18. The Hall–Kier alpha value is -2.05. The van der Waals surface area contributed by atoms with Gasteiger partial charge in [-0.2, -0.15) is 0 Å². The van der Waals surface area contributed by atoms with E-state index < -0.39 is 18.4 Å². The van der Waals surface area contributed by atoms with E-state index >= 15 is 0 Å². The molecule has 6 heteroatoms. The topological polar surface area (TPSA) is 74.8 Å². The number of rotatable bonds is 4. The van der Waals surface area contributed by atoms with Crippen LogP contribution in [0.15, 0.2) is 30.5 Å². The number of nitrogens with one attached hydrogen (secondary N) is 1. The van der Waals surface area contributed by atoms with Crippen molar-refractivity contribution in [1.29, 1.82) is 0 Å². The van der Waals surface area contributed by atoms with Crippen LogP contribution in [0.5, 0.6) is 0 Å². The van der Waals surface area contributed by atoms with Gasteiger partial charge in [-0.05, 0) is 24.5 Å². The Morgan fingerprint density at radius 3 is 3.09 bits per heavy atom. The van der Waals surface area contributed by atoms with Crippen LogP contribution in [-0.2, 0) is 15.9 Å². The fourth-order valence-corrected chi connectivity index (χ4v) is 3.08. The van der Waals surface area contributed by atoms with Crippen LogP contribution in [0.25, 0.3) is 10.9 Å². The van der Waals surface area contributed by atoms with Crippen LogP contribution in [-0.4, -0.2) is 60.1 Å². The predicted octanol–water partition coefficient (Wildman–Crippen LogP) is 1.93. The lowest BCUT2D eigenvalue weighted by Gasteiger charge is -2.35.